The summed E-state index contributed by atoms with van der Waals surface area (Å²) in [4.78, 5) is 14.1. The van der Waals surface area contributed by atoms with Crippen LogP contribution >= 0.6 is 0 Å². The first-order chi connectivity index (χ1) is 12.6. The van der Waals surface area contributed by atoms with Crippen LogP contribution in [0, 0.1) is 0 Å². The molecule has 1 fully saturated rings. The van der Waals surface area contributed by atoms with Crippen LogP contribution in [0.1, 0.15) is 36.1 Å². The van der Waals surface area contributed by atoms with Crippen molar-refractivity contribution < 1.29 is 5.11 Å². The molecule has 1 spiro atoms. The van der Waals surface area contributed by atoms with Gasteiger partial charge < -0.3 is 14.9 Å². The van der Waals surface area contributed by atoms with Gasteiger partial charge >= 0.3 is 0 Å². The lowest BCUT2D eigenvalue weighted by atomic mass is 9.77. The molecule has 2 heterocycles. The summed E-state index contributed by atoms with van der Waals surface area (Å²) in [6, 6.07) is 7.60. The van der Waals surface area contributed by atoms with Crippen molar-refractivity contribution in [2.24, 2.45) is 0 Å². The molecule has 1 aromatic heterocycles. The molecule has 1 atom stereocenters. The molecule has 1 saturated heterocycles. The Balaban J connectivity index is 1.49. The highest BCUT2D eigenvalue weighted by Gasteiger charge is 2.43. The third kappa shape index (κ3) is 3.28. The number of aromatic nitrogens is 2. The first kappa shape index (κ1) is 17.3. The number of likely N-dealkylation sites (tertiary alicyclic amines) is 1. The number of phenolic OH excluding ortho intramolecular Hbond substituents is 1. The lowest BCUT2D eigenvalue weighted by molar-refractivity contribution is 0.144. The molecule has 2 aliphatic rings. The summed E-state index contributed by atoms with van der Waals surface area (Å²) >= 11 is 0. The molecule has 138 valence electrons. The number of rotatable bonds is 4. The van der Waals surface area contributed by atoms with Crippen molar-refractivity contribution in [1.82, 2.24) is 14.9 Å². The van der Waals surface area contributed by atoms with Crippen LogP contribution in [-0.2, 0) is 18.3 Å². The van der Waals surface area contributed by atoms with E-state index in [0.717, 1.165) is 31.9 Å². The summed E-state index contributed by atoms with van der Waals surface area (Å²) in [5, 5.41) is 9.44. The summed E-state index contributed by atoms with van der Waals surface area (Å²) in [6.07, 6.45) is 7.84. The smallest absolute Gasteiger partial charge is 0.225 e. The lowest BCUT2D eigenvalue weighted by Crippen LogP contribution is -2.46. The van der Waals surface area contributed by atoms with Crippen LogP contribution in [0.3, 0.4) is 0 Å². The van der Waals surface area contributed by atoms with Gasteiger partial charge in [-0.05, 0) is 61.9 Å². The van der Waals surface area contributed by atoms with Crippen molar-refractivity contribution in [3.05, 3.63) is 47.3 Å². The van der Waals surface area contributed by atoms with Gasteiger partial charge in [0.1, 0.15) is 5.75 Å². The van der Waals surface area contributed by atoms with E-state index in [4.69, 9.17) is 4.98 Å². The molecular weight excluding hydrogens is 324 g/mol. The van der Waals surface area contributed by atoms with Crippen LogP contribution in [0.2, 0.25) is 0 Å². The second kappa shape index (κ2) is 6.88. The summed E-state index contributed by atoms with van der Waals surface area (Å²) in [7, 11) is 4.02. The second-order valence-electron chi connectivity index (χ2n) is 8.01. The largest absolute Gasteiger partial charge is 0.508 e. The predicted molar refractivity (Wildman–Crippen MR) is 104 cm³/mol. The van der Waals surface area contributed by atoms with E-state index in [2.05, 4.69) is 9.88 Å². The maximum absolute atomic E-state index is 9.44. The van der Waals surface area contributed by atoms with Crippen LogP contribution in [0.15, 0.2) is 30.5 Å². The quantitative estimate of drug-likeness (QED) is 0.917. The Labute approximate surface area is 155 Å². The number of benzene rings is 1. The second-order valence-corrected chi connectivity index (χ2v) is 8.01. The minimum Gasteiger partial charge on any atom is -0.508 e. The molecule has 5 heteroatoms. The molecule has 0 saturated carbocycles. The van der Waals surface area contributed by atoms with E-state index in [9.17, 15) is 5.11 Å². The Morgan fingerprint density at radius 3 is 2.77 bits per heavy atom. The number of piperidine rings is 1. The molecule has 0 bridgehead atoms. The standard InChI is InChI=1S/C21H28N4O/c1-24(2)20-22-14-17-8-11-21(19(17)23-20)10-3-12-25(15-21)13-9-16-4-6-18(26)7-5-16/h4-7,14,26H,3,8-13,15H2,1-2H3. The first-order valence-corrected chi connectivity index (χ1v) is 9.60. The van der Waals surface area contributed by atoms with E-state index in [1.807, 2.05) is 37.3 Å². The monoisotopic (exact) mass is 352 g/mol. The van der Waals surface area contributed by atoms with Crippen molar-refractivity contribution in [3.63, 3.8) is 0 Å². The molecule has 2 aromatic rings. The highest BCUT2D eigenvalue weighted by atomic mass is 16.3. The predicted octanol–water partition coefficient (Wildman–Crippen LogP) is 2.77. The number of fused-ring (bicyclic) bond motifs is 2. The number of nitrogens with zero attached hydrogens (tertiary/aromatic N) is 4. The molecule has 26 heavy (non-hydrogen) atoms. The Morgan fingerprint density at radius 2 is 2.00 bits per heavy atom. The minimum absolute atomic E-state index is 0.205. The van der Waals surface area contributed by atoms with Crippen LogP contribution < -0.4 is 4.90 Å². The number of aromatic hydroxyl groups is 1. The van der Waals surface area contributed by atoms with Gasteiger partial charge in [0.2, 0.25) is 5.95 Å². The normalized spacial score (nSPS) is 22.5. The number of phenols is 1. The van der Waals surface area contributed by atoms with Crippen LogP contribution in [0.4, 0.5) is 5.95 Å². The Kier molecular flexibility index (Phi) is 4.57. The topological polar surface area (TPSA) is 52.5 Å². The molecule has 0 amide bonds. The molecule has 1 N–H and O–H groups in total. The van der Waals surface area contributed by atoms with Gasteiger partial charge in [0.15, 0.2) is 0 Å². The number of anilines is 1. The summed E-state index contributed by atoms with van der Waals surface area (Å²) in [5.74, 6) is 1.16. The van der Waals surface area contributed by atoms with Gasteiger partial charge in [-0.25, -0.2) is 9.97 Å². The SMILES string of the molecule is CN(C)c1ncc2c(n1)C1(CCCN(CCc3ccc(O)cc3)C1)CC2. The van der Waals surface area contributed by atoms with Gasteiger partial charge in [0.05, 0.1) is 5.69 Å². The molecule has 0 radical (unpaired) electrons. The van der Waals surface area contributed by atoms with Crippen molar-refractivity contribution >= 4 is 5.95 Å². The van der Waals surface area contributed by atoms with Crippen LogP contribution in [0.25, 0.3) is 0 Å². The number of hydrogen-bond acceptors (Lipinski definition) is 5. The molecule has 5 nitrogen and oxygen atoms in total. The lowest BCUT2D eigenvalue weighted by Gasteiger charge is -2.40. The zero-order valence-corrected chi connectivity index (χ0v) is 15.8. The Bertz CT molecular complexity index is 770. The Hall–Kier alpha value is -2.14. The zero-order valence-electron chi connectivity index (χ0n) is 15.8. The number of aryl methyl sites for hydroxylation is 1. The minimum atomic E-state index is 0.205. The third-order valence-corrected chi connectivity index (χ3v) is 5.94. The average molecular weight is 352 g/mol. The fourth-order valence-electron chi connectivity index (χ4n) is 4.51. The molecule has 4 rings (SSSR count). The summed E-state index contributed by atoms with van der Waals surface area (Å²) < 4.78 is 0. The van der Waals surface area contributed by atoms with E-state index in [1.165, 1.54) is 42.6 Å². The van der Waals surface area contributed by atoms with Crippen molar-refractivity contribution in [2.75, 3.05) is 38.6 Å². The first-order valence-electron chi connectivity index (χ1n) is 9.60. The van der Waals surface area contributed by atoms with Crippen molar-refractivity contribution in [2.45, 2.75) is 37.5 Å². The summed E-state index contributed by atoms with van der Waals surface area (Å²) in [5.41, 5.74) is 4.13. The summed E-state index contributed by atoms with van der Waals surface area (Å²) in [6.45, 7) is 3.33. The van der Waals surface area contributed by atoms with E-state index in [1.54, 1.807) is 12.1 Å². The van der Waals surface area contributed by atoms with Gasteiger partial charge in [-0.2, -0.15) is 0 Å². The third-order valence-electron chi connectivity index (χ3n) is 5.94. The molecule has 1 aromatic carbocycles. The Morgan fingerprint density at radius 1 is 1.19 bits per heavy atom. The fraction of sp³-hybridized carbons (Fsp3) is 0.524. The maximum Gasteiger partial charge on any atom is 0.225 e. The fourth-order valence-corrected chi connectivity index (χ4v) is 4.51. The van der Waals surface area contributed by atoms with Gasteiger partial charge in [-0.1, -0.05) is 12.1 Å². The van der Waals surface area contributed by atoms with E-state index >= 15 is 0 Å². The average Bonchev–Trinajstić information content (AvgIpc) is 2.99. The van der Waals surface area contributed by atoms with Gasteiger partial charge in [0, 0.05) is 38.8 Å². The highest BCUT2D eigenvalue weighted by Crippen LogP contribution is 2.44. The highest BCUT2D eigenvalue weighted by molar-refractivity contribution is 5.39. The van der Waals surface area contributed by atoms with Crippen molar-refractivity contribution in [1.29, 1.82) is 0 Å². The van der Waals surface area contributed by atoms with Crippen LogP contribution in [0.5, 0.6) is 5.75 Å². The van der Waals surface area contributed by atoms with Gasteiger partial charge in [-0.15, -0.1) is 0 Å². The molecule has 1 unspecified atom stereocenters. The molecule has 1 aliphatic carbocycles. The number of hydrogen-bond donors (Lipinski definition) is 1. The van der Waals surface area contributed by atoms with E-state index < -0.39 is 0 Å². The molecule has 1 aliphatic heterocycles. The van der Waals surface area contributed by atoms with E-state index in [-0.39, 0.29) is 5.41 Å². The van der Waals surface area contributed by atoms with Gasteiger partial charge in [0.25, 0.3) is 0 Å². The van der Waals surface area contributed by atoms with Crippen molar-refractivity contribution in [3.8, 4) is 5.75 Å². The maximum atomic E-state index is 9.44. The van der Waals surface area contributed by atoms with Crippen LogP contribution in [-0.4, -0.2) is 53.7 Å². The van der Waals surface area contributed by atoms with E-state index in [0.29, 0.717) is 5.75 Å². The molecular formula is C21H28N4O. The van der Waals surface area contributed by atoms with Gasteiger partial charge in [-0.3, -0.25) is 0 Å². The zero-order chi connectivity index (χ0) is 18.1.